The van der Waals surface area contributed by atoms with Crippen LogP contribution >= 0.6 is 15.9 Å². The van der Waals surface area contributed by atoms with Crippen LogP contribution in [0.4, 0.5) is 14.5 Å². The van der Waals surface area contributed by atoms with Gasteiger partial charge >= 0.3 is 0 Å². The molecule has 3 nitrogen and oxygen atoms in total. The Bertz CT molecular complexity index is 776. The lowest BCUT2D eigenvalue weighted by molar-refractivity contribution is 0.609. The van der Waals surface area contributed by atoms with E-state index in [0.29, 0.717) is 5.56 Å². The summed E-state index contributed by atoms with van der Waals surface area (Å²) < 4.78 is 27.7. The largest absolute Gasteiger partial charge is 0.378 e. The topological polar surface area (TPSA) is 59.6 Å². The Morgan fingerprint density at radius 2 is 1.86 bits per heavy atom. The zero-order valence-corrected chi connectivity index (χ0v) is 12.2. The standard InChI is InChI=1S/C15H8BrF2N3/c16-14-10(7-20)3-4-13(15(14)18)21-8-11-2-1-9(6-19)5-12(11)17/h1-5,21H,8H2. The highest BCUT2D eigenvalue weighted by atomic mass is 79.9. The van der Waals surface area contributed by atoms with Crippen molar-refractivity contribution >= 4 is 21.6 Å². The van der Waals surface area contributed by atoms with Crippen LogP contribution in [0, 0.1) is 34.3 Å². The van der Waals surface area contributed by atoms with Crippen LogP contribution in [0.15, 0.2) is 34.8 Å². The summed E-state index contributed by atoms with van der Waals surface area (Å²) in [5, 5.41) is 20.2. The van der Waals surface area contributed by atoms with Crippen molar-refractivity contribution < 1.29 is 8.78 Å². The first kappa shape index (κ1) is 15.0. The van der Waals surface area contributed by atoms with Crippen molar-refractivity contribution in [1.29, 1.82) is 10.5 Å². The van der Waals surface area contributed by atoms with E-state index < -0.39 is 11.6 Å². The Morgan fingerprint density at radius 1 is 1.10 bits per heavy atom. The molecule has 0 radical (unpaired) electrons. The van der Waals surface area contributed by atoms with E-state index in [0.717, 1.165) is 6.07 Å². The smallest absolute Gasteiger partial charge is 0.161 e. The first-order valence-electron chi connectivity index (χ1n) is 5.87. The first-order valence-corrected chi connectivity index (χ1v) is 6.66. The summed E-state index contributed by atoms with van der Waals surface area (Å²) in [6, 6.07) is 10.7. The van der Waals surface area contributed by atoms with E-state index in [1.54, 1.807) is 0 Å². The highest BCUT2D eigenvalue weighted by Crippen LogP contribution is 2.27. The predicted molar refractivity (Wildman–Crippen MR) is 77.3 cm³/mol. The molecule has 0 aliphatic heterocycles. The molecule has 0 saturated heterocycles. The zero-order chi connectivity index (χ0) is 15.4. The number of nitriles is 2. The second kappa shape index (κ2) is 6.34. The van der Waals surface area contributed by atoms with Crippen molar-refractivity contribution in [3.8, 4) is 12.1 Å². The molecule has 0 bridgehead atoms. The van der Waals surface area contributed by atoms with Crippen LogP contribution in [0.1, 0.15) is 16.7 Å². The number of halogens is 3. The van der Waals surface area contributed by atoms with Crippen LogP contribution in [0.25, 0.3) is 0 Å². The van der Waals surface area contributed by atoms with Gasteiger partial charge in [-0.25, -0.2) is 8.78 Å². The van der Waals surface area contributed by atoms with Gasteiger partial charge in [0.2, 0.25) is 0 Å². The van der Waals surface area contributed by atoms with Crippen LogP contribution in [0.2, 0.25) is 0 Å². The van der Waals surface area contributed by atoms with E-state index >= 15 is 0 Å². The van der Waals surface area contributed by atoms with E-state index in [9.17, 15) is 8.78 Å². The molecule has 0 atom stereocenters. The monoisotopic (exact) mass is 347 g/mol. The maximum atomic E-state index is 14.0. The summed E-state index contributed by atoms with van der Waals surface area (Å²) in [5.41, 5.74) is 0.879. The van der Waals surface area contributed by atoms with E-state index in [1.807, 2.05) is 12.1 Å². The third kappa shape index (κ3) is 3.18. The quantitative estimate of drug-likeness (QED) is 0.909. The molecule has 0 aromatic heterocycles. The van der Waals surface area contributed by atoms with E-state index in [2.05, 4.69) is 21.2 Å². The molecule has 0 heterocycles. The van der Waals surface area contributed by atoms with Gasteiger partial charge in [0.15, 0.2) is 5.82 Å². The predicted octanol–water partition coefficient (Wildman–Crippen LogP) is 4.08. The number of nitrogens with zero attached hydrogens (tertiary/aromatic N) is 2. The summed E-state index contributed by atoms with van der Waals surface area (Å²) >= 11 is 3.00. The van der Waals surface area contributed by atoms with Gasteiger partial charge in [-0.3, -0.25) is 0 Å². The minimum atomic E-state index is -0.608. The molecule has 0 unspecified atom stereocenters. The second-order valence-electron chi connectivity index (χ2n) is 4.17. The molecule has 21 heavy (non-hydrogen) atoms. The van der Waals surface area contributed by atoms with Gasteiger partial charge in [-0.2, -0.15) is 10.5 Å². The van der Waals surface area contributed by atoms with Crippen molar-refractivity contribution in [3.63, 3.8) is 0 Å². The molecule has 6 heteroatoms. The average Bonchev–Trinajstić information content (AvgIpc) is 2.49. The molecular weight excluding hydrogens is 340 g/mol. The van der Waals surface area contributed by atoms with Gasteiger partial charge in [-0.05, 0) is 40.2 Å². The van der Waals surface area contributed by atoms with Crippen molar-refractivity contribution in [2.24, 2.45) is 0 Å². The Balaban J connectivity index is 2.20. The Labute approximate surface area is 128 Å². The highest BCUT2D eigenvalue weighted by Gasteiger charge is 2.11. The minimum Gasteiger partial charge on any atom is -0.378 e. The number of hydrogen-bond acceptors (Lipinski definition) is 3. The fraction of sp³-hybridized carbons (Fsp3) is 0.0667. The third-order valence-electron chi connectivity index (χ3n) is 2.85. The van der Waals surface area contributed by atoms with Gasteiger partial charge in [-0.15, -0.1) is 0 Å². The minimum absolute atomic E-state index is 0.0623. The summed E-state index contributed by atoms with van der Waals surface area (Å²) in [6.45, 7) is 0.0623. The number of hydrogen-bond donors (Lipinski definition) is 1. The Morgan fingerprint density at radius 3 is 2.48 bits per heavy atom. The molecule has 0 aliphatic rings. The molecule has 2 aromatic rings. The molecule has 0 aliphatic carbocycles. The summed E-state index contributed by atoms with van der Waals surface area (Å²) in [7, 11) is 0. The van der Waals surface area contributed by atoms with Crippen molar-refractivity contribution in [3.05, 3.63) is 63.1 Å². The molecule has 2 rings (SSSR count). The number of nitrogens with one attached hydrogen (secondary N) is 1. The molecule has 1 N–H and O–H groups in total. The van der Waals surface area contributed by atoms with Crippen LogP contribution in [0.3, 0.4) is 0 Å². The van der Waals surface area contributed by atoms with Gasteiger partial charge in [-0.1, -0.05) is 6.07 Å². The molecule has 0 saturated carbocycles. The maximum absolute atomic E-state index is 14.0. The summed E-state index contributed by atoms with van der Waals surface area (Å²) in [5.74, 6) is -1.14. The molecular formula is C15H8BrF2N3. The molecule has 0 fully saturated rings. The Kier molecular flexibility index (Phi) is 4.52. The van der Waals surface area contributed by atoms with Crippen LogP contribution < -0.4 is 5.32 Å². The van der Waals surface area contributed by atoms with Gasteiger partial charge in [0.25, 0.3) is 0 Å². The fourth-order valence-corrected chi connectivity index (χ4v) is 2.16. The number of rotatable bonds is 3. The van der Waals surface area contributed by atoms with Crippen LogP contribution in [-0.2, 0) is 6.54 Å². The van der Waals surface area contributed by atoms with E-state index in [4.69, 9.17) is 10.5 Å². The van der Waals surface area contributed by atoms with Gasteiger partial charge in [0.05, 0.1) is 27.4 Å². The van der Waals surface area contributed by atoms with E-state index in [1.165, 1.54) is 24.3 Å². The lowest BCUT2D eigenvalue weighted by Gasteiger charge is -2.10. The van der Waals surface area contributed by atoms with Crippen molar-refractivity contribution in [2.75, 3.05) is 5.32 Å². The molecule has 2 aromatic carbocycles. The molecule has 0 spiro atoms. The SMILES string of the molecule is N#Cc1ccc(CNc2ccc(C#N)c(Br)c2F)c(F)c1. The molecule has 104 valence electrons. The number of benzene rings is 2. The van der Waals surface area contributed by atoms with Crippen LogP contribution in [0.5, 0.6) is 0 Å². The fourth-order valence-electron chi connectivity index (χ4n) is 1.72. The third-order valence-corrected chi connectivity index (χ3v) is 3.63. The second-order valence-corrected chi connectivity index (χ2v) is 4.96. The Hall–Kier alpha value is -2.44. The van der Waals surface area contributed by atoms with Crippen molar-refractivity contribution in [2.45, 2.75) is 6.54 Å². The average molecular weight is 348 g/mol. The maximum Gasteiger partial charge on any atom is 0.161 e. The van der Waals surface area contributed by atoms with Gasteiger partial charge in [0.1, 0.15) is 11.9 Å². The highest BCUT2D eigenvalue weighted by molar-refractivity contribution is 9.10. The first-order chi connectivity index (χ1) is 10.1. The van der Waals surface area contributed by atoms with Gasteiger partial charge in [0, 0.05) is 12.1 Å². The zero-order valence-electron chi connectivity index (χ0n) is 10.6. The van der Waals surface area contributed by atoms with Crippen molar-refractivity contribution in [1.82, 2.24) is 0 Å². The lowest BCUT2D eigenvalue weighted by Crippen LogP contribution is -2.04. The molecule has 0 amide bonds. The van der Waals surface area contributed by atoms with E-state index in [-0.39, 0.29) is 27.8 Å². The number of anilines is 1. The van der Waals surface area contributed by atoms with Crippen LogP contribution in [-0.4, -0.2) is 0 Å². The summed E-state index contributed by atoms with van der Waals surface area (Å²) in [6.07, 6.45) is 0. The normalized spacial score (nSPS) is 9.76. The van der Waals surface area contributed by atoms with Gasteiger partial charge < -0.3 is 5.32 Å². The summed E-state index contributed by atoms with van der Waals surface area (Å²) in [4.78, 5) is 0. The lowest BCUT2D eigenvalue weighted by atomic mass is 10.1.